The van der Waals surface area contributed by atoms with Gasteiger partial charge < -0.3 is 0 Å². The molecule has 0 aromatic heterocycles. The van der Waals surface area contributed by atoms with Crippen molar-refractivity contribution in [3.05, 3.63) is 47.6 Å². The summed E-state index contributed by atoms with van der Waals surface area (Å²) in [5, 5.41) is 0. The molecular weight excluding hydrogens is 168 g/mol. The molecule has 1 unspecified atom stereocenters. The van der Waals surface area contributed by atoms with Gasteiger partial charge in [0.2, 0.25) is 0 Å². The molecule has 0 aromatic carbocycles. The van der Waals surface area contributed by atoms with Crippen LogP contribution in [0.2, 0.25) is 0 Å². The highest BCUT2D eigenvalue weighted by Crippen LogP contribution is 2.31. The predicted octanol–water partition coefficient (Wildman–Crippen LogP) is 4.42. The minimum Gasteiger partial charge on any atom is -0.0958 e. The second-order valence-corrected chi connectivity index (χ2v) is 4.20. The molecule has 0 heterocycles. The SMILES string of the molecule is C=C(/C=C1\C(=C)CC(C)C=C1C)CC. The molecule has 0 N–H and O–H groups in total. The van der Waals surface area contributed by atoms with Gasteiger partial charge in [-0.3, -0.25) is 0 Å². The van der Waals surface area contributed by atoms with E-state index < -0.39 is 0 Å². The molecule has 0 radical (unpaired) electrons. The summed E-state index contributed by atoms with van der Waals surface area (Å²) in [6.07, 6.45) is 6.60. The molecule has 0 bridgehead atoms. The maximum Gasteiger partial charge on any atom is -0.0201 e. The first-order valence-corrected chi connectivity index (χ1v) is 5.31. The maximum atomic E-state index is 4.13. The molecule has 0 saturated carbocycles. The third-order valence-corrected chi connectivity index (χ3v) is 2.71. The lowest BCUT2D eigenvalue weighted by Crippen LogP contribution is -2.05. The Morgan fingerprint density at radius 3 is 2.79 bits per heavy atom. The van der Waals surface area contributed by atoms with Crippen molar-refractivity contribution in [2.75, 3.05) is 0 Å². The average Bonchev–Trinajstić information content (AvgIpc) is 2.10. The molecule has 0 fully saturated rings. The summed E-state index contributed by atoms with van der Waals surface area (Å²) in [6, 6.07) is 0. The molecule has 1 atom stereocenters. The van der Waals surface area contributed by atoms with Gasteiger partial charge in [0, 0.05) is 0 Å². The Morgan fingerprint density at radius 1 is 1.64 bits per heavy atom. The Morgan fingerprint density at radius 2 is 2.29 bits per heavy atom. The lowest BCUT2D eigenvalue weighted by molar-refractivity contribution is 0.700. The van der Waals surface area contributed by atoms with Crippen LogP contribution in [0.25, 0.3) is 0 Å². The minimum absolute atomic E-state index is 0.634. The molecule has 76 valence electrons. The highest BCUT2D eigenvalue weighted by atomic mass is 14.2. The van der Waals surface area contributed by atoms with Crippen molar-refractivity contribution >= 4 is 0 Å². The van der Waals surface area contributed by atoms with Crippen LogP contribution in [-0.2, 0) is 0 Å². The summed E-state index contributed by atoms with van der Waals surface area (Å²) in [6.45, 7) is 14.7. The van der Waals surface area contributed by atoms with Crippen LogP contribution >= 0.6 is 0 Å². The predicted molar refractivity (Wildman–Crippen MR) is 64.2 cm³/mol. The molecule has 0 saturated heterocycles. The van der Waals surface area contributed by atoms with Crippen molar-refractivity contribution in [3.63, 3.8) is 0 Å². The van der Waals surface area contributed by atoms with Gasteiger partial charge in [0.25, 0.3) is 0 Å². The normalized spacial score (nSPS) is 25.1. The van der Waals surface area contributed by atoms with Crippen molar-refractivity contribution in [2.24, 2.45) is 5.92 Å². The van der Waals surface area contributed by atoms with Gasteiger partial charge in [-0.15, -0.1) is 0 Å². The molecule has 0 aromatic rings. The number of hydrogen-bond acceptors (Lipinski definition) is 0. The largest absolute Gasteiger partial charge is 0.0958 e. The van der Waals surface area contributed by atoms with E-state index in [4.69, 9.17) is 0 Å². The fourth-order valence-electron chi connectivity index (χ4n) is 1.88. The highest BCUT2D eigenvalue weighted by molar-refractivity contribution is 5.50. The summed E-state index contributed by atoms with van der Waals surface area (Å²) in [5.41, 5.74) is 5.09. The molecule has 0 aliphatic heterocycles. The zero-order chi connectivity index (χ0) is 10.7. The molecule has 0 heteroatoms. The molecule has 1 rings (SSSR count). The van der Waals surface area contributed by atoms with Crippen LogP contribution in [0.1, 0.15) is 33.6 Å². The fourth-order valence-corrected chi connectivity index (χ4v) is 1.88. The first-order valence-electron chi connectivity index (χ1n) is 5.31. The number of allylic oxidation sites excluding steroid dienone is 6. The summed E-state index contributed by atoms with van der Waals surface area (Å²) >= 11 is 0. The first kappa shape index (κ1) is 11.0. The van der Waals surface area contributed by atoms with E-state index >= 15 is 0 Å². The topological polar surface area (TPSA) is 0 Å². The van der Waals surface area contributed by atoms with Gasteiger partial charge in [0.1, 0.15) is 0 Å². The van der Waals surface area contributed by atoms with Crippen LogP contribution < -0.4 is 0 Å². The van der Waals surface area contributed by atoms with Gasteiger partial charge in [-0.1, -0.05) is 44.7 Å². The standard InChI is InChI=1S/C14H20/c1-6-10(2)9-14-12(4)7-11(3)8-13(14)5/h8-9,11H,2,4,6-7H2,1,3,5H3/b14-9+. The molecule has 1 aliphatic carbocycles. The van der Waals surface area contributed by atoms with Crippen LogP contribution in [0.3, 0.4) is 0 Å². The quantitative estimate of drug-likeness (QED) is 0.601. The number of rotatable bonds is 2. The molecule has 0 nitrogen and oxygen atoms in total. The van der Waals surface area contributed by atoms with E-state index in [-0.39, 0.29) is 0 Å². The van der Waals surface area contributed by atoms with Gasteiger partial charge >= 0.3 is 0 Å². The van der Waals surface area contributed by atoms with E-state index in [2.05, 4.69) is 46.1 Å². The Kier molecular flexibility index (Phi) is 3.51. The van der Waals surface area contributed by atoms with E-state index in [0.717, 1.165) is 12.8 Å². The molecule has 0 spiro atoms. The van der Waals surface area contributed by atoms with E-state index in [0.29, 0.717) is 5.92 Å². The maximum absolute atomic E-state index is 4.13. The van der Waals surface area contributed by atoms with Gasteiger partial charge in [-0.2, -0.15) is 0 Å². The summed E-state index contributed by atoms with van der Waals surface area (Å²) in [4.78, 5) is 0. The van der Waals surface area contributed by atoms with Crippen molar-refractivity contribution in [3.8, 4) is 0 Å². The molecular formula is C14H20. The van der Waals surface area contributed by atoms with Crippen molar-refractivity contribution < 1.29 is 0 Å². The van der Waals surface area contributed by atoms with Gasteiger partial charge in [-0.25, -0.2) is 0 Å². The lowest BCUT2D eigenvalue weighted by atomic mass is 9.84. The van der Waals surface area contributed by atoms with Gasteiger partial charge in [0.05, 0.1) is 0 Å². The Balaban J connectivity index is 2.98. The smallest absolute Gasteiger partial charge is 0.0201 e. The van der Waals surface area contributed by atoms with Crippen molar-refractivity contribution in [2.45, 2.75) is 33.6 Å². The van der Waals surface area contributed by atoms with Crippen LogP contribution in [0, 0.1) is 5.92 Å². The summed E-state index contributed by atoms with van der Waals surface area (Å²) < 4.78 is 0. The van der Waals surface area contributed by atoms with Crippen LogP contribution in [0.5, 0.6) is 0 Å². The van der Waals surface area contributed by atoms with E-state index in [1.807, 2.05) is 0 Å². The highest BCUT2D eigenvalue weighted by Gasteiger charge is 2.14. The third-order valence-electron chi connectivity index (χ3n) is 2.71. The summed E-state index contributed by atoms with van der Waals surface area (Å²) in [5.74, 6) is 0.634. The summed E-state index contributed by atoms with van der Waals surface area (Å²) in [7, 11) is 0. The lowest BCUT2D eigenvalue weighted by Gasteiger charge is -2.21. The molecule has 0 amide bonds. The Labute approximate surface area is 87.7 Å². The Hall–Kier alpha value is -1.04. The zero-order valence-electron chi connectivity index (χ0n) is 9.56. The van der Waals surface area contributed by atoms with E-state index in [9.17, 15) is 0 Å². The second-order valence-electron chi connectivity index (χ2n) is 4.20. The van der Waals surface area contributed by atoms with Crippen LogP contribution in [-0.4, -0.2) is 0 Å². The van der Waals surface area contributed by atoms with Gasteiger partial charge in [0.15, 0.2) is 0 Å². The second kappa shape index (κ2) is 4.45. The van der Waals surface area contributed by atoms with Crippen molar-refractivity contribution in [1.29, 1.82) is 0 Å². The third kappa shape index (κ3) is 2.47. The number of hydrogen-bond donors (Lipinski definition) is 0. The Bertz CT molecular complexity index is 313. The minimum atomic E-state index is 0.634. The fraction of sp³-hybridized carbons (Fsp3) is 0.429. The van der Waals surface area contributed by atoms with Crippen LogP contribution in [0.15, 0.2) is 47.6 Å². The van der Waals surface area contributed by atoms with Gasteiger partial charge in [-0.05, 0) is 42.4 Å². The van der Waals surface area contributed by atoms with E-state index in [1.54, 1.807) is 0 Å². The zero-order valence-corrected chi connectivity index (χ0v) is 9.56. The molecule has 1 aliphatic rings. The van der Waals surface area contributed by atoms with Crippen LogP contribution in [0.4, 0.5) is 0 Å². The average molecular weight is 188 g/mol. The molecule has 14 heavy (non-hydrogen) atoms. The monoisotopic (exact) mass is 188 g/mol. The van der Waals surface area contributed by atoms with E-state index in [1.165, 1.54) is 22.3 Å². The first-order chi connectivity index (χ1) is 6.54. The van der Waals surface area contributed by atoms with Crippen molar-refractivity contribution in [1.82, 2.24) is 0 Å².